The lowest BCUT2D eigenvalue weighted by Crippen LogP contribution is -2.39. The topological polar surface area (TPSA) is 24.5 Å². The zero-order valence-corrected chi connectivity index (χ0v) is 13.3. The Morgan fingerprint density at radius 3 is 2.67 bits per heavy atom. The molecule has 1 heterocycles. The molecule has 1 aliphatic heterocycles. The summed E-state index contributed by atoms with van der Waals surface area (Å²) in [5, 5.41) is 4.36. The van der Waals surface area contributed by atoms with Crippen molar-refractivity contribution in [2.24, 2.45) is 0 Å². The van der Waals surface area contributed by atoms with Crippen molar-refractivity contribution in [3.05, 3.63) is 29.3 Å². The summed E-state index contributed by atoms with van der Waals surface area (Å²) < 4.78 is 5.78. The molecule has 1 saturated carbocycles. The summed E-state index contributed by atoms with van der Waals surface area (Å²) in [6.45, 7) is 4.34. The fraction of sp³-hybridized carbons (Fsp3) is 0.647. The molecule has 1 atom stereocenters. The second-order valence-corrected chi connectivity index (χ2v) is 6.61. The van der Waals surface area contributed by atoms with E-state index in [9.17, 15) is 0 Å². The van der Waals surface area contributed by atoms with Gasteiger partial charge in [0, 0.05) is 30.2 Å². The molecule has 1 aliphatic carbocycles. The van der Waals surface area contributed by atoms with Crippen LogP contribution in [-0.4, -0.2) is 43.2 Å². The van der Waals surface area contributed by atoms with Gasteiger partial charge in [-0.05, 0) is 62.9 Å². The lowest BCUT2D eigenvalue weighted by atomic mass is 10.2. The average Bonchev–Trinajstić information content (AvgIpc) is 3.22. The highest BCUT2D eigenvalue weighted by atomic mass is 35.5. The van der Waals surface area contributed by atoms with E-state index >= 15 is 0 Å². The van der Waals surface area contributed by atoms with Crippen molar-refractivity contribution in [2.75, 3.05) is 26.2 Å². The van der Waals surface area contributed by atoms with E-state index in [1.54, 1.807) is 0 Å². The molecular weight excluding hydrogens is 284 g/mol. The van der Waals surface area contributed by atoms with Gasteiger partial charge < -0.3 is 10.1 Å². The second-order valence-electron chi connectivity index (χ2n) is 6.18. The van der Waals surface area contributed by atoms with Gasteiger partial charge in [0.25, 0.3) is 0 Å². The number of nitrogens with zero attached hydrogens (tertiary/aromatic N) is 1. The van der Waals surface area contributed by atoms with Crippen LogP contribution in [0.3, 0.4) is 0 Å². The highest BCUT2D eigenvalue weighted by molar-refractivity contribution is 6.30. The van der Waals surface area contributed by atoms with Gasteiger partial charge in [0.05, 0.1) is 6.61 Å². The number of rotatable bonds is 8. The molecule has 1 N–H and O–H groups in total. The molecule has 0 radical (unpaired) electrons. The molecule has 0 aromatic heterocycles. The first-order valence-corrected chi connectivity index (χ1v) is 8.55. The minimum Gasteiger partial charge on any atom is -0.494 e. The molecule has 1 saturated heterocycles. The Bertz CT molecular complexity index is 427. The van der Waals surface area contributed by atoms with Crippen molar-refractivity contribution < 1.29 is 4.74 Å². The van der Waals surface area contributed by atoms with E-state index in [1.807, 2.05) is 24.3 Å². The Balaban J connectivity index is 1.37. The molecule has 1 aromatic rings. The van der Waals surface area contributed by atoms with Crippen LogP contribution in [0.1, 0.15) is 32.1 Å². The van der Waals surface area contributed by atoms with Crippen LogP contribution in [0.25, 0.3) is 0 Å². The van der Waals surface area contributed by atoms with Crippen molar-refractivity contribution in [1.82, 2.24) is 10.2 Å². The number of ether oxygens (including phenoxy) is 1. The number of hydrogen-bond acceptors (Lipinski definition) is 3. The molecule has 4 heteroatoms. The van der Waals surface area contributed by atoms with E-state index in [2.05, 4.69) is 10.2 Å². The molecule has 21 heavy (non-hydrogen) atoms. The maximum atomic E-state index is 5.87. The lowest BCUT2D eigenvalue weighted by molar-refractivity contribution is 0.212. The van der Waals surface area contributed by atoms with Gasteiger partial charge in [0.2, 0.25) is 0 Å². The van der Waals surface area contributed by atoms with Gasteiger partial charge in [0.15, 0.2) is 0 Å². The third-order valence-corrected chi connectivity index (χ3v) is 4.60. The third kappa shape index (κ3) is 4.87. The number of nitrogens with one attached hydrogen (secondary N) is 1. The van der Waals surface area contributed by atoms with Crippen LogP contribution in [0.15, 0.2) is 24.3 Å². The summed E-state index contributed by atoms with van der Waals surface area (Å²) in [7, 11) is 0. The van der Waals surface area contributed by atoms with Gasteiger partial charge >= 0.3 is 0 Å². The molecule has 0 spiro atoms. The fourth-order valence-corrected chi connectivity index (χ4v) is 3.17. The Morgan fingerprint density at radius 2 is 2.00 bits per heavy atom. The number of benzene rings is 1. The van der Waals surface area contributed by atoms with Gasteiger partial charge in [-0.25, -0.2) is 0 Å². The lowest BCUT2D eigenvalue weighted by Gasteiger charge is -2.25. The monoisotopic (exact) mass is 308 g/mol. The number of halogens is 1. The molecule has 0 amide bonds. The first kappa shape index (κ1) is 15.1. The van der Waals surface area contributed by atoms with E-state index in [1.165, 1.54) is 38.8 Å². The molecule has 1 aromatic carbocycles. The van der Waals surface area contributed by atoms with E-state index in [4.69, 9.17) is 16.3 Å². The minimum absolute atomic E-state index is 0.711. The van der Waals surface area contributed by atoms with E-state index in [0.717, 1.165) is 36.4 Å². The van der Waals surface area contributed by atoms with Crippen molar-refractivity contribution in [3.8, 4) is 5.75 Å². The Morgan fingerprint density at radius 1 is 1.19 bits per heavy atom. The van der Waals surface area contributed by atoms with Crippen LogP contribution in [-0.2, 0) is 0 Å². The summed E-state index contributed by atoms with van der Waals surface area (Å²) in [6, 6.07) is 9.16. The minimum atomic E-state index is 0.711. The average molecular weight is 309 g/mol. The molecule has 2 aliphatic rings. The van der Waals surface area contributed by atoms with Crippen LogP contribution < -0.4 is 10.1 Å². The quantitative estimate of drug-likeness (QED) is 0.746. The summed E-state index contributed by atoms with van der Waals surface area (Å²) in [5.41, 5.74) is 0. The summed E-state index contributed by atoms with van der Waals surface area (Å²) in [5.74, 6) is 0.912. The van der Waals surface area contributed by atoms with Gasteiger partial charge in [-0.1, -0.05) is 11.6 Å². The van der Waals surface area contributed by atoms with Gasteiger partial charge in [-0.3, -0.25) is 4.90 Å². The summed E-state index contributed by atoms with van der Waals surface area (Å²) >= 11 is 5.87. The van der Waals surface area contributed by atoms with E-state index in [-0.39, 0.29) is 0 Å². The second kappa shape index (κ2) is 7.48. The smallest absolute Gasteiger partial charge is 0.119 e. The van der Waals surface area contributed by atoms with Gasteiger partial charge in [-0.15, -0.1) is 0 Å². The summed E-state index contributed by atoms with van der Waals surface area (Å²) in [4.78, 5) is 2.66. The van der Waals surface area contributed by atoms with E-state index < -0.39 is 0 Å². The Labute approximate surface area is 132 Å². The first-order valence-electron chi connectivity index (χ1n) is 8.17. The van der Waals surface area contributed by atoms with E-state index in [0.29, 0.717) is 6.04 Å². The van der Waals surface area contributed by atoms with Crippen molar-refractivity contribution >= 4 is 11.6 Å². The first-order chi connectivity index (χ1) is 10.3. The largest absolute Gasteiger partial charge is 0.494 e. The van der Waals surface area contributed by atoms with Crippen LogP contribution in [0.5, 0.6) is 5.75 Å². The molecule has 116 valence electrons. The fourth-order valence-electron chi connectivity index (χ4n) is 3.05. The normalized spacial score (nSPS) is 21.9. The maximum absolute atomic E-state index is 5.87. The zero-order chi connectivity index (χ0) is 14.5. The Hall–Kier alpha value is -0.770. The number of hydrogen-bond donors (Lipinski definition) is 1. The SMILES string of the molecule is Clc1ccc(OCCCN(CC2CCCN2)C2CC2)cc1. The molecule has 2 fully saturated rings. The molecule has 0 bridgehead atoms. The van der Waals surface area contributed by atoms with Crippen LogP contribution in [0.4, 0.5) is 0 Å². The predicted octanol–water partition coefficient (Wildman–Crippen LogP) is 3.33. The predicted molar refractivity (Wildman–Crippen MR) is 87.2 cm³/mol. The molecule has 3 nitrogen and oxygen atoms in total. The van der Waals surface area contributed by atoms with Gasteiger partial charge in [-0.2, -0.15) is 0 Å². The molecule has 3 rings (SSSR count). The van der Waals surface area contributed by atoms with Crippen LogP contribution in [0, 0.1) is 0 Å². The molecule has 1 unspecified atom stereocenters. The highest BCUT2D eigenvalue weighted by Gasteiger charge is 2.30. The van der Waals surface area contributed by atoms with Crippen LogP contribution in [0.2, 0.25) is 5.02 Å². The Kier molecular flexibility index (Phi) is 5.39. The summed E-state index contributed by atoms with van der Waals surface area (Å²) in [6.07, 6.45) is 6.52. The van der Waals surface area contributed by atoms with Crippen LogP contribution >= 0.6 is 11.6 Å². The molecular formula is C17H25ClN2O. The van der Waals surface area contributed by atoms with Crippen molar-refractivity contribution in [1.29, 1.82) is 0 Å². The third-order valence-electron chi connectivity index (χ3n) is 4.35. The zero-order valence-electron chi connectivity index (χ0n) is 12.6. The van der Waals surface area contributed by atoms with Crippen molar-refractivity contribution in [2.45, 2.75) is 44.2 Å². The van der Waals surface area contributed by atoms with Crippen molar-refractivity contribution in [3.63, 3.8) is 0 Å². The standard InChI is InChI=1S/C17H25ClN2O/c18-14-4-8-17(9-5-14)21-12-2-11-20(16-6-7-16)13-15-3-1-10-19-15/h4-5,8-9,15-16,19H,1-3,6-7,10-13H2. The maximum Gasteiger partial charge on any atom is 0.119 e. The van der Waals surface area contributed by atoms with Gasteiger partial charge in [0.1, 0.15) is 5.75 Å². The highest BCUT2D eigenvalue weighted by Crippen LogP contribution is 2.27.